The molecule has 1 heterocycles. The molecule has 7 heteroatoms. The van der Waals surface area contributed by atoms with E-state index in [1.807, 2.05) is 0 Å². The third-order valence-electron chi connectivity index (χ3n) is 2.53. The SMILES string of the molecule is CCC(=O)N[C@H](NC[C@H]1CCCO1)C(Cl)(Cl)Cl. The number of nitrogens with one attached hydrogen (secondary N) is 2. The van der Waals surface area contributed by atoms with Crippen molar-refractivity contribution in [3.63, 3.8) is 0 Å². The minimum atomic E-state index is -1.58. The van der Waals surface area contributed by atoms with E-state index in [0.29, 0.717) is 13.0 Å². The Bertz CT molecular complexity index is 252. The van der Waals surface area contributed by atoms with Crippen LogP contribution in [0.2, 0.25) is 0 Å². The topological polar surface area (TPSA) is 50.4 Å². The molecule has 0 bridgehead atoms. The number of carbonyl (C=O) groups is 1. The first kappa shape index (κ1) is 15.3. The lowest BCUT2D eigenvalue weighted by atomic mass is 10.2. The van der Waals surface area contributed by atoms with Crippen LogP contribution in [-0.4, -0.2) is 35.1 Å². The molecule has 1 aliphatic heterocycles. The van der Waals surface area contributed by atoms with Gasteiger partial charge >= 0.3 is 0 Å². The predicted molar refractivity (Wildman–Crippen MR) is 69.5 cm³/mol. The average Bonchev–Trinajstić information content (AvgIpc) is 2.74. The van der Waals surface area contributed by atoms with Crippen molar-refractivity contribution >= 4 is 40.7 Å². The van der Waals surface area contributed by atoms with E-state index in [4.69, 9.17) is 39.5 Å². The Hall–Kier alpha value is 0.260. The highest BCUT2D eigenvalue weighted by molar-refractivity contribution is 6.68. The van der Waals surface area contributed by atoms with Gasteiger partial charge in [0.05, 0.1) is 6.10 Å². The molecule has 1 saturated heterocycles. The quantitative estimate of drug-likeness (QED) is 0.603. The number of amides is 1. The summed E-state index contributed by atoms with van der Waals surface area (Å²) in [5.41, 5.74) is 0. The van der Waals surface area contributed by atoms with Crippen LogP contribution in [0.4, 0.5) is 0 Å². The van der Waals surface area contributed by atoms with E-state index < -0.39 is 9.96 Å². The van der Waals surface area contributed by atoms with Crippen molar-refractivity contribution in [2.24, 2.45) is 0 Å². The maximum atomic E-state index is 11.3. The summed E-state index contributed by atoms with van der Waals surface area (Å²) >= 11 is 17.4. The molecule has 4 nitrogen and oxygen atoms in total. The molecule has 100 valence electrons. The van der Waals surface area contributed by atoms with Gasteiger partial charge in [-0.25, -0.2) is 0 Å². The molecule has 1 amide bonds. The Morgan fingerprint density at radius 2 is 2.24 bits per heavy atom. The van der Waals surface area contributed by atoms with E-state index in [2.05, 4.69) is 10.6 Å². The predicted octanol–water partition coefficient (Wildman–Crippen LogP) is 1.98. The van der Waals surface area contributed by atoms with Gasteiger partial charge < -0.3 is 10.1 Å². The molecule has 0 radical (unpaired) electrons. The Kier molecular flexibility index (Phi) is 6.31. The molecule has 1 fully saturated rings. The van der Waals surface area contributed by atoms with Crippen LogP contribution >= 0.6 is 34.8 Å². The minimum Gasteiger partial charge on any atom is -0.377 e. The van der Waals surface area contributed by atoms with Gasteiger partial charge in [-0.1, -0.05) is 41.7 Å². The number of hydrogen-bond donors (Lipinski definition) is 2. The first-order chi connectivity index (χ1) is 7.93. The fourth-order valence-electron chi connectivity index (χ4n) is 1.57. The number of ether oxygens (including phenoxy) is 1. The monoisotopic (exact) mass is 302 g/mol. The third kappa shape index (κ3) is 5.62. The summed E-state index contributed by atoms with van der Waals surface area (Å²) in [7, 11) is 0. The zero-order valence-corrected chi connectivity index (χ0v) is 11.9. The largest absolute Gasteiger partial charge is 0.377 e. The van der Waals surface area contributed by atoms with E-state index >= 15 is 0 Å². The summed E-state index contributed by atoms with van der Waals surface area (Å²) in [6, 6.07) is 0. The molecule has 0 unspecified atom stereocenters. The summed E-state index contributed by atoms with van der Waals surface area (Å²) in [5.74, 6) is -0.166. The van der Waals surface area contributed by atoms with Crippen molar-refractivity contribution in [2.45, 2.75) is 42.2 Å². The normalized spacial score (nSPS) is 22.5. The van der Waals surface area contributed by atoms with Gasteiger partial charge in [-0.2, -0.15) is 0 Å². The first-order valence-corrected chi connectivity index (χ1v) is 6.78. The lowest BCUT2D eigenvalue weighted by Crippen LogP contribution is -2.54. The number of rotatable bonds is 5. The highest BCUT2D eigenvalue weighted by Gasteiger charge is 2.34. The average molecular weight is 304 g/mol. The standard InChI is InChI=1S/C10H17Cl3N2O2/c1-2-8(16)15-9(10(11,12)13)14-6-7-4-3-5-17-7/h7,9,14H,2-6H2,1H3,(H,15,16)/t7-,9+/m1/s1. The van der Waals surface area contributed by atoms with E-state index in [1.54, 1.807) is 6.92 Å². The third-order valence-corrected chi connectivity index (χ3v) is 3.18. The Balaban J connectivity index is 2.42. The van der Waals surface area contributed by atoms with Crippen LogP contribution in [0.1, 0.15) is 26.2 Å². The molecular formula is C10H17Cl3N2O2. The van der Waals surface area contributed by atoms with Crippen molar-refractivity contribution in [1.29, 1.82) is 0 Å². The molecular weight excluding hydrogens is 286 g/mol. The van der Waals surface area contributed by atoms with Gasteiger partial charge in [0.15, 0.2) is 0 Å². The summed E-state index contributed by atoms with van der Waals surface area (Å²) in [4.78, 5) is 11.3. The van der Waals surface area contributed by atoms with Crippen LogP contribution in [0.15, 0.2) is 0 Å². The highest BCUT2D eigenvalue weighted by Crippen LogP contribution is 2.29. The molecule has 0 aromatic carbocycles. The Morgan fingerprint density at radius 1 is 1.53 bits per heavy atom. The van der Waals surface area contributed by atoms with Gasteiger partial charge in [0, 0.05) is 19.6 Å². The summed E-state index contributed by atoms with van der Waals surface area (Å²) < 4.78 is 3.86. The second kappa shape index (κ2) is 7.00. The number of halogens is 3. The maximum Gasteiger partial charge on any atom is 0.223 e. The van der Waals surface area contributed by atoms with Crippen LogP contribution in [0.5, 0.6) is 0 Å². The van der Waals surface area contributed by atoms with E-state index in [0.717, 1.165) is 19.4 Å². The molecule has 2 atom stereocenters. The highest BCUT2D eigenvalue weighted by atomic mass is 35.6. The molecule has 0 spiro atoms. The number of carbonyl (C=O) groups excluding carboxylic acids is 1. The van der Waals surface area contributed by atoms with Crippen LogP contribution in [-0.2, 0) is 9.53 Å². The van der Waals surface area contributed by atoms with Gasteiger partial charge in [-0.3, -0.25) is 10.1 Å². The number of alkyl halides is 3. The smallest absolute Gasteiger partial charge is 0.223 e. The fourth-order valence-corrected chi connectivity index (χ4v) is 1.96. The summed E-state index contributed by atoms with van der Waals surface area (Å²) in [6.45, 7) is 3.07. The van der Waals surface area contributed by atoms with Crippen LogP contribution < -0.4 is 10.6 Å². The van der Waals surface area contributed by atoms with Crippen molar-refractivity contribution < 1.29 is 9.53 Å². The summed E-state index contributed by atoms with van der Waals surface area (Å²) in [6.07, 6.45) is 1.80. The van der Waals surface area contributed by atoms with Gasteiger partial charge in [-0.05, 0) is 12.8 Å². The molecule has 17 heavy (non-hydrogen) atoms. The summed E-state index contributed by atoms with van der Waals surface area (Å²) in [5, 5.41) is 5.64. The molecule has 0 aliphatic carbocycles. The van der Waals surface area contributed by atoms with Crippen molar-refractivity contribution in [1.82, 2.24) is 10.6 Å². The van der Waals surface area contributed by atoms with E-state index in [1.165, 1.54) is 0 Å². The fraction of sp³-hybridized carbons (Fsp3) is 0.900. The van der Waals surface area contributed by atoms with Crippen LogP contribution in [0.3, 0.4) is 0 Å². The van der Waals surface area contributed by atoms with Crippen LogP contribution in [0.25, 0.3) is 0 Å². The lowest BCUT2D eigenvalue weighted by Gasteiger charge is -2.27. The van der Waals surface area contributed by atoms with Crippen molar-refractivity contribution in [2.75, 3.05) is 13.2 Å². The first-order valence-electron chi connectivity index (χ1n) is 5.64. The molecule has 2 N–H and O–H groups in total. The lowest BCUT2D eigenvalue weighted by molar-refractivity contribution is -0.121. The van der Waals surface area contributed by atoms with Gasteiger partial charge in [0.2, 0.25) is 9.70 Å². The second-order valence-corrected chi connectivity index (χ2v) is 6.31. The van der Waals surface area contributed by atoms with Crippen LogP contribution in [0, 0.1) is 0 Å². The van der Waals surface area contributed by atoms with Crippen molar-refractivity contribution in [3.8, 4) is 0 Å². The molecule has 1 aliphatic rings. The van der Waals surface area contributed by atoms with Gasteiger partial charge in [-0.15, -0.1) is 0 Å². The zero-order chi connectivity index (χ0) is 12.9. The van der Waals surface area contributed by atoms with Crippen molar-refractivity contribution in [3.05, 3.63) is 0 Å². The zero-order valence-electron chi connectivity index (χ0n) is 9.64. The molecule has 0 aromatic rings. The van der Waals surface area contributed by atoms with Gasteiger partial charge in [0.25, 0.3) is 0 Å². The van der Waals surface area contributed by atoms with E-state index in [-0.39, 0.29) is 12.0 Å². The molecule has 0 saturated carbocycles. The van der Waals surface area contributed by atoms with E-state index in [9.17, 15) is 4.79 Å². The van der Waals surface area contributed by atoms with Gasteiger partial charge in [0.1, 0.15) is 6.17 Å². The minimum absolute atomic E-state index is 0.128. The Labute approximate surface area is 116 Å². The maximum absolute atomic E-state index is 11.3. The molecule has 0 aromatic heterocycles. The molecule has 1 rings (SSSR count). The number of hydrogen-bond acceptors (Lipinski definition) is 3. The Morgan fingerprint density at radius 3 is 2.71 bits per heavy atom. The second-order valence-electron chi connectivity index (χ2n) is 3.94.